The normalized spacial score (nSPS) is 14.6. The highest BCUT2D eigenvalue weighted by atomic mass is 79.9. The molecule has 0 bridgehead atoms. The number of benzene rings is 3. The molecule has 1 aliphatic rings. The minimum absolute atomic E-state index is 0.0637. The number of anilines is 1. The van der Waals surface area contributed by atoms with Crippen molar-refractivity contribution in [2.45, 2.75) is 4.90 Å². The number of carbonyl (C=O) groups is 3. The second-order valence-electron chi connectivity index (χ2n) is 7.66. The average molecular weight is 618 g/mol. The van der Waals surface area contributed by atoms with Gasteiger partial charge in [-0.25, -0.2) is 0 Å². The lowest BCUT2D eigenvalue weighted by molar-refractivity contribution is -0.384. The molecular weight excluding hydrogens is 602 g/mol. The maximum absolute atomic E-state index is 12.7. The van der Waals surface area contributed by atoms with Crippen LogP contribution in [0, 0.1) is 10.1 Å². The second kappa shape index (κ2) is 11.2. The number of amides is 3. The standard InChI is InChI=1S/C24H16BrN3O8S2/c25-19-12-15(6-11-20(19)36-38(34,35)18-9-7-17(8-10-18)28(32)33)13-21-23(30)27(24(31)37-21)14-22(29)26-16-4-2-1-3-5-16/h1-13H,14H2,(H,26,29)/b21-13-. The highest BCUT2D eigenvalue weighted by Gasteiger charge is 2.36. The fraction of sp³-hybridized carbons (Fsp3) is 0.0417. The molecule has 3 aromatic rings. The van der Waals surface area contributed by atoms with Crippen LogP contribution in [0.25, 0.3) is 6.08 Å². The summed E-state index contributed by atoms with van der Waals surface area (Å²) in [5, 5.41) is 12.8. The highest BCUT2D eigenvalue weighted by molar-refractivity contribution is 9.10. The Labute approximate surface area is 228 Å². The molecule has 1 aliphatic heterocycles. The molecule has 3 amide bonds. The summed E-state index contributed by atoms with van der Waals surface area (Å²) in [6, 6.07) is 17.1. The first kappa shape index (κ1) is 27.0. The summed E-state index contributed by atoms with van der Waals surface area (Å²) in [4.78, 5) is 48.2. The predicted molar refractivity (Wildman–Crippen MR) is 143 cm³/mol. The number of imide groups is 1. The van der Waals surface area contributed by atoms with Crippen LogP contribution >= 0.6 is 27.7 Å². The molecule has 1 fully saturated rings. The van der Waals surface area contributed by atoms with Gasteiger partial charge in [0.25, 0.3) is 16.8 Å². The van der Waals surface area contributed by atoms with Crippen LogP contribution in [0.4, 0.5) is 16.2 Å². The number of para-hydroxylation sites is 1. The first-order chi connectivity index (χ1) is 18.0. The van der Waals surface area contributed by atoms with E-state index in [0.717, 1.165) is 29.2 Å². The zero-order valence-electron chi connectivity index (χ0n) is 19.1. The van der Waals surface area contributed by atoms with E-state index in [1.54, 1.807) is 30.3 Å². The van der Waals surface area contributed by atoms with E-state index in [1.807, 2.05) is 0 Å². The second-order valence-corrected chi connectivity index (χ2v) is 11.1. The van der Waals surface area contributed by atoms with Crippen LogP contribution in [0.15, 0.2) is 87.1 Å². The van der Waals surface area contributed by atoms with E-state index in [1.165, 1.54) is 24.3 Å². The topological polar surface area (TPSA) is 153 Å². The summed E-state index contributed by atoms with van der Waals surface area (Å²) in [6.07, 6.45) is 1.43. The van der Waals surface area contributed by atoms with Crippen molar-refractivity contribution < 1.29 is 31.9 Å². The number of halogens is 1. The Balaban J connectivity index is 1.45. The Hall–Kier alpha value is -4.01. The number of thioether (sulfide) groups is 1. The minimum Gasteiger partial charge on any atom is -0.378 e. The Morgan fingerprint density at radius 1 is 1.08 bits per heavy atom. The van der Waals surface area contributed by atoms with Crippen molar-refractivity contribution in [1.82, 2.24) is 4.90 Å². The number of nitro benzene ring substituents is 1. The van der Waals surface area contributed by atoms with Crippen LogP contribution in [0.5, 0.6) is 5.75 Å². The summed E-state index contributed by atoms with van der Waals surface area (Å²) in [7, 11) is -4.29. The van der Waals surface area contributed by atoms with Crippen LogP contribution in [-0.4, -0.2) is 41.8 Å². The van der Waals surface area contributed by atoms with E-state index in [0.29, 0.717) is 23.0 Å². The number of non-ortho nitro benzene ring substituents is 1. The molecule has 1 N–H and O–H groups in total. The number of carbonyl (C=O) groups excluding carboxylic acids is 3. The molecule has 0 unspecified atom stereocenters. The average Bonchev–Trinajstić information content (AvgIpc) is 3.13. The lowest BCUT2D eigenvalue weighted by atomic mass is 10.2. The van der Waals surface area contributed by atoms with Crippen LogP contribution in [0.2, 0.25) is 0 Å². The summed E-state index contributed by atoms with van der Waals surface area (Å²) in [5.74, 6) is -1.23. The van der Waals surface area contributed by atoms with Gasteiger partial charge in [-0.15, -0.1) is 0 Å². The Morgan fingerprint density at radius 3 is 2.39 bits per heavy atom. The quantitative estimate of drug-likeness (QED) is 0.162. The molecule has 0 spiro atoms. The fourth-order valence-corrected chi connectivity index (χ4v) is 5.60. The molecule has 14 heteroatoms. The summed E-state index contributed by atoms with van der Waals surface area (Å²) >= 11 is 3.90. The van der Waals surface area contributed by atoms with Crippen molar-refractivity contribution >= 4 is 72.3 Å². The van der Waals surface area contributed by atoms with E-state index in [9.17, 15) is 32.9 Å². The van der Waals surface area contributed by atoms with Crippen LogP contribution in [0.3, 0.4) is 0 Å². The molecule has 38 heavy (non-hydrogen) atoms. The predicted octanol–water partition coefficient (Wildman–Crippen LogP) is 4.80. The SMILES string of the molecule is O=C(CN1C(=O)S/C(=C\c2ccc(OS(=O)(=O)c3ccc([N+](=O)[O-])cc3)c(Br)c2)C1=O)Nc1ccccc1. The van der Waals surface area contributed by atoms with E-state index < -0.39 is 38.6 Å². The first-order valence-corrected chi connectivity index (χ1v) is 13.6. The van der Waals surface area contributed by atoms with Crippen molar-refractivity contribution in [2.24, 2.45) is 0 Å². The molecule has 1 heterocycles. The number of nitrogens with one attached hydrogen (secondary N) is 1. The molecular formula is C24H16BrN3O8S2. The fourth-order valence-electron chi connectivity index (χ4n) is 3.23. The van der Waals surface area contributed by atoms with Gasteiger partial charge in [-0.2, -0.15) is 8.42 Å². The zero-order chi connectivity index (χ0) is 27.4. The number of nitrogens with zero attached hydrogens (tertiary/aromatic N) is 2. The molecule has 11 nitrogen and oxygen atoms in total. The van der Waals surface area contributed by atoms with Gasteiger partial charge < -0.3 is 9.50 Å². The van der Waals surface area contributed by atoms with Gasteiger partial charge in [0.15, 0.2) is 5.75 Å². The van der Waals surface area contributed by atoms with Gasteiger partial charge in [0, 0.05) is 17.8 Å². The first-order valence-electron chi connectivity index (χ1n) is 10.6. The maximum atomic E-state index is 12.7. The number of rotatable bonds is 8. The smallest absolute Gasteiger partial charge is 0.339 e. The molecule has 194 valence electrons. The van der Waals surface area contributed by atoms with Crippen molar-refractivity contribution in [3.8, 4) is 5.75 Å². The maximum Gasteiger partial charge on any atom is 0.339 e. The molecule has 0 saturated carbocycles. The van der Waals surface area contributed by atoms with Crippen LogP contribution in [0.1, 0.15) is 5.56 Å². The van der Waals surface area contributed by atoms with E-state index in [-0.39, 0.29) is 25.7 Å². The van der Waals surface area contributed by atoms with Gasteiger partial charge in [-0.3, -0.25) is 29.4 Å². The molecule has 4 rings (SSSR count). The van der Waals surface area contributed by atoms with Gasteiger partial charge in [0.1, 0.15) is 11.4 Å². The van der Waals surface area contributed by atoms with Crippen molar-refractivity contribution in [3.63, 3.8) is 0 Å². The van der Waals surface area contributed by atoms with Gasteiger partial charge in [0.05, 0.1) is 14.3 Å². The largest absolute Gasteiger partial charge is 0.378 e. The molecule has 0 aromatic heterocycles. The van der Waals surface area contributed by atoms with E-state index in [4.69, 9.17) is 4.18 Å². The Bertz CT molecular complexity index is 1580. The van der Waals surface area contributed by atoms with E-state index >= 15 is 0 Å². The Morgan fingerprint density at radius 2 is 1.76 bits per heavy atom. The zero-order valence-corrected chi connectivity index (χ0v) is 22.3. The summed E-state index contributed by atoms with van der Waals surface area (Å²) in [6.45, 7) is -0.451. The number of hydrogen-bond acceptors (Lipinski definition) is 9. The third-order valence-electron chi connectivity index (χ3n) is 5.02. The van der Waals surface area contributed by atoms with Crippen LogP contribution in [-0.2, 0) is 19.7 Å². The van der Waals surface area contributed by atoms with Gasteiger partial charge in [0.2, 0.25) is 5.91 Å². The molecule has 1 saturated heterocycles. The van der Waals surface area contributed by atoms with Gasteiger partial charge in [-0.1, -0.05) is 24.3 Å². The van der Waals surface area contributed by atoms with Gasteiger partial charge >= 0.3 is 10.1 Å². The van der Waals surface area contributed by atoms with Crippen LogP contribution < -0.4 is 9.50 Å². The number of hydrogen-bond donors (Lipinski definition) is 1. The number of nitro groups is 1. The third kappa shape index (κ3) is 6.27. The van der Waals surface area contributed by atoms with Crippen molar-refractivity contribution in [2.75, 3.05) is 11.9 Å². The molecule has 3 aromatic carbocycles. The van der Waals surface area contributed by atoms with Crippen molar-refractivity contribution in [3.05, 3.63) is 97.9 Å². The van der Waals surface area contributed by atoms with E-state index in [2.05, 4.69) is 21.2 Å². The molecule has 0 atom stereocenters. The van der Waals surface area contributed by atoms with Gasteiger partial charge in [-0.05, 0) is 75.7 Å². The lowest BCUT2D eigenvalue weighted by Gasteiger charge is -2.12. The minimum atomic E-state index is -4.29. The Kier molecular flexibility index (Phi) is 7.94. The van der Waals surface area contributed by atoms with Crippen molar-refractivity contribution in [1.29, 1.82) is 0 Å². The summed E-state index contributed by atoms with van der Waals surface area (Å²) < 4.78 is 30.5. The lowest BCUT2D eigenvalue weighted by Crippen LogP contribution is -2.36. The monoisotopic (exact) mass is 617 g/mol. The molecule has 0 radical (unpaired) electrons. The highest BCUT2D eigenvalue weighted by Crippen LogP contribution is 2.34. The molecule has 0 aliphatic carbocycles. The third-order valence-corrected chi connectivity index (χ3v) is 7.80. The summed E-state index contributed by atoms with van der Waals surface area (Å²) in [5.41, 5.74) is 0.717.